The largest absolute Gasteiger partial charge is 0.325 e. The first-order valence-corrected chi connectivity index (χ1v) is 8.03. The number of anilines is 2. The van der Waals surface area contributed by atoms with Crippen LogP contribution in [0.15, 0.2) is 53.4 Å². The fourth-order valence-corrected chi connectivity index (χ4v) is 3.25. The van der Waals surface area contributed by atoms with E-state index < -0.39 is 0 Å². The quantitative estimate of drug-likeness (QED) is 0.924. The predicted molar refractivity (Wildman–Crippen MR) is 89.6 cm³/mol. The molecule has 0 bridgehead atoms. The summed E-state index contributed by atoms with van der Waals surface area (Å²) in [6.07, 6.45) is 0.493. The second-order valence-electron chi connectivity index (χ2n) is 5.06. The van der Waals surface area contributed by atoms with Crippen LogP contribution in [0.1, 0.15) is 16.8 Å². The minimum Gasteiger partial charge on any atom is -0.325 e. The van der Waals surface area contributed by atoms with Gasteiger partial charge in [-0.25, -0.2) is 0 Å². The zero-order valence-electron chi connectivity index (χ0n) is 12.2. The van der Waals surface area contributed by atoms with E-state index in [0.717, 1.165) is 22.0 Å². The van der Waals surface area contributed by atoms with Crippen LogP contribution in [0.2, 0.25) is 0 Å². The number of nitrogens with zero attached hydrogens (tertiary/aromatic N) is 1. The molecule has 0 saturated carbocycles. The van der Waals surface area contributed by atoms with Gasteiger partial charge in [-0.3, -0.25) is 9.59 Å². The lowest BCUT2D eigenvalue weighted by atomic mass is 10.1. The van der Waals surface area contributed by atoms with Gasteiger partial charge in [0.2, 0.25) is 5.91 Å². The van der Waals surface area contributed by atoms with Gasteiger partial charge < -0.3 is 10.2 Å². The Morgan fingerprint density at radius 1 is 1.18 bits per heavy atom. The van der Waals surface area contributed by atoms with Gasteiger partial charge in [0.05, 0.1) is 5.69 Å². The van der Waals surface area contributed by atoms with Crippen LogP contribution in [0.5, 0.6) is 0 Å². The van der Waals surface area contributed by atoms with Gasteiger partial charge in [-0.15, -0.1) is 11.8 Å². The summed E-state index contributed by atoms with van der Waals surface area (Å²) in [7, 11) is 1.75. The summed E-state index contributed by atoms with van der Waals surface area (Å²) in [4.78, 5) is 26.9. The number of thioether (sulfide) groups is 1. The lowest BCUT2D eigenvalue weighted by Gasteiger charge is -2.18. The monoisotopic (exact) mass is 312 g/mol. The first-order chi connectivity index (χ1) is 10.6. The molecular formula is C17H16N2O2S. The van der Waals surface area contributed by atoms with Crippen molar-refractivity contribution in [2.45, 2.75) is 11.3 Å². The molecule has 5 heteroatoms. The van der Waals surface area contributed by atoms with Crippen molar-refractivity contribution >= 4 is 35.0 Å². The Hall–Kier alpha value is -2.27. The van der Waals surface area contributed by atoms with Gasteiger partial charge in [-0.2, -0.15) is 0 Å². The highest BCUT2D eigenvalue weighted by Gasteiger charge is 2.18. The van der Waals surface area contributed by atoms with Crippen LogP contribution in [-0.2, 0) is 4.79 Å². The Morgan fingerprint density at radius 2 is 1.95 bits per heavy atom. The maximum atomic E-state index is 12.6. The summed E-state index contributed by atoms with van der Waals surface area (Å²) in [6.45, 7) is 0. The first-order valence-electron chi connectivity index (χ1n) is 7.05. The molecule has 0 fully saturated rings. The van der Waals surface area contributed by atoms with Crippen LogP contribution in [0.3, 0.4) is 0 Å². The van der Waals surface area contributed by atoms with Crippen LogP contribution in [0.4, 0.5) is 11.4 Å². The van der Waals surface area contributed by atoms with Gasteiger partial charge in [-0.05, 0) is 30.3 Å². The van der Waals surface area contributed by atoms with Crippen molar-refractivity contribution in [2.75, 3.05) is 23.0 Å². The summed E-state index contributed by atoms with van der Waals surface area (Å²) in [5.74, 6) is 0.653. The highest BCUT2D eigenvalue weighted by Crippen LogP contribution is 2.32. The standard InChI is InChI=1S/C17H16N2O2S/c1-19(13-5-3-2-4-6-13)17(21)12-7-8-15-14(11-12)18-16(20)9-10-22-15/h2-8,11H,9-10H2,1H3,(H,18,20). The van der Waals surface area contributed by atoms with Crippen LogP contribution in [-0.4, -0.2) is 24.6 Å². The van der Waals surface area contributed by atoms with Gasteiger partial charge in [0, 0.05) is 35.4 Å². The smallest absolute Gasteiger partial charge is 0.258 e. The third-order valence-electron chi connectivity index (χ3n) is 3.54. The molecule has 0 aliphatic carbocycles. The van der Waals surface area contributed by atoms with E-state index >= 15 is 0 Å². The minimum absolute atomic E-state index is 0.00716. The van der Waals surface area contributed by atoms with Crippen LogP contribution in [0.25, 0.3) is 0 Å². The van der Waals surface area contributed by atoms with Gasteiger partial charge in [0.15, 0.2) is 0 Å². The molecule has 0 radical (unpaired) electrons. The van der Waals surface area contributed by atoms with E-state index in [2.05, 4.69) is 5.32 Å². The molecule has 1 heterocycles. The number of para-hydroxylation sites is 1. The average Bonchev–Trinajstić information content (AvgIpc) is 2.74. The lowest BCUT2D eigenvalue weighted by molar-refractivity contribution is -0.115. The summed E-state index contributed by atoms with van der Waals surface area (Å²) < 4.78 is 0. The molecule has 2 aromatic carbocycles. The molecule has 1 aliphatic heterocycles. The normalized spacial score (nSPS) is 13.8. The third kappa shape index (κ3) is 2.99. The topological polar surface area (TPSA) is 49.4 Å². The summed E-state index contributed by atoms with van der Waals surface area (Å²) in [5, 5.41) is 2.87. The van der Waals surface area contributed by atoms with Gasteiger partial charge in [0.25, 0.3) is 5.91 Å². The van der Waals surface area contributed by atoms with E-state index in [9.17, 15) is 9.59 Å². The fraction of sp³-hybridized carbons (Fsp3) is 0.176. The van der Waals surface area contributed by atoms with E-state index in [0.29, 0.717) is 12.0 Å². The summed E-state index contributed by atoms with van der Waals surface area (Å²) in [5.41, 5.74) is 2.12. The molecule has 0 spiro atoms. The van der Waals surface area contributed by atoms with Crippen LogP contribution in [0, 0.1) is 0 Å². The van der Waals surface area contributed by atoms with Gasteiger partial charge >= 0.3 is 0 Å². The summed E-state index contributed by atoms with van der Waals surface area (Å²) >= 11 is 1.63. The Morgan fingerprint density at radius 3 is 2.73 bits per heavy atom. The third-order valence-corrected chi connectivity index (χ3v) is 4.61. The number of hydrogen-bond acceptors (Lipinski definition) is 3. The summed E-state index contributed by atoms with van der Waals surface area (Å²) in [6, 6.07) is 14.9. The molecule has 112 valence electrons. The van der Waals surface area contributed by atoms with E-state index in [1.54, 1.807) is 29.8 Å². The predicted octanol–water partition coefficient (Wildman–Crippen LogP) is 3.40. The number of fused-ring (bicyclic) bond motifs is 1. The molecule has 0 atom stereocenters. The molecule has 1 N–H and O–H groups in total. The zero-order valence-corrected chi connectivity index (χ0v) is 13.0. The maximum absolute atomic E-state index is 12.6. The maximum Gasteiger partial charge on any atom is 0.258 e. The van der Waals surface area contributed by atoms with Crippen molar-refractivity contribution in [1.29, 1.82) is 0 Å². The molecule has 2 aromatic rings. The molecule has 0 aromatic heterocycles. The number of carbonyl (C=O) groups is 2. The van der Waals surface area contributed by atoms with E-state index in [-0.39, 0.29) is 11.8 Å². The van der Waals surface area contributed by atoms with Crippen molar-refractivity contribution in [1.82, 2.24) is 0 Å². The van der Waals surface area contributed by atoms with E-state index in [1.807, 2.05) is 42.5 Å². The second-order valence-corrected chi connectivity index (χ2v) is 6.19. The Labute approximate surface area is 133 Å². The number of rotatable bonds is 2. The number of hydrogen-bond donors (Lipinski definition) is 1. The molecular weight excluding hydrogens is 296 g/mol. The molecule has 0 unspecified atom stereocenters. The SMILES string of the molecule is CN(C(=O)c1ccc2c(c1)NC(=O)CCS2)c1ccccc1. The van der Waals surface area contributed by atoms with Crippen LogP contribution < -0.4 is 10.2 Å². The number of benzene rings is 2. The van der Waals surface area contributed by atoms with Crippen molar-refractivity contribution in [2.24, 2.45) is 0 Å². The number of amides is 2. The first kappa shape index (κ1) is 14.7. The van der Waals surface area contributed by atoms with Crippen molar-refractivity contribution in [3.05, 3.63) is 54.1 Å². The highest BCUT2D eigenvalue weighted by molar-refractivity contribution is 7.99. The van der Waals surface area contributed by atoms with E-state index in [4.69, 9.17) is 0 Å². The highest BCUT2D eigenvalue weighted by atomic mass is 32.2. The zero-order chi connectivity index (χ0) is 15.5. The molecule has 2 amide bonds. The van der Waals surface area contributed by atoms with Gasteiger partial charge in [0.1, 0.15) is 0 Å². The second kappa shape index (κ2) is 6.23. The average molecular weight is 312 g/mol. The molecule has 3 rings (SSSR count). The molecule has 1 aliphatic rings. The van der Waals surface area contributed by atoms with E-state index in [1.165, 1.54) is 0 Å². The van der Waals surface area contributed by atoms with Crippen molar-refractivity contribution in [3.63, 3.8) is 0 Å². The van der Waals surface area contributed by atoms with Gasteiger partial charge in [-0.1, -0.05) is 18.2 Å². The number of carbonyl (C=O) groups excluding carboxylic acids is 2. The number of nitrogens with one attached hydrogen (secondary N) is 1. The fourth-order valence-electron chi connectivity index (χ4n) is 2.32. The Kier molecular flexibility index (Phi) is 4.15. The molecule has 0 saturated heterocycles. The Balaban J connectivity index is 1.89. The van der Waals surface area contributed by atoms with Crippen LogP contribution >= 0.6 is 11.8 Å². The molecule has 4 nitrogen and oxygen atoms in total. The minimum atomic E-state index is -0.0995. The van der Waals surface area contributed by atoms with Crippen molar-refractivity contribution < 1.29 is 9.59 Å². The van der Waals surface area contributed by atoms with Crippen molar-refractivity contribution in [3.8, 4) is 0 Å². The molecule has 22 heavy (non-hydrogen) atoms. The lowest BCUT2D eigenvalue weighted by Crippen LogP contribution is -2.26. The Bertz CT molecular complexity index is 716.